The van der Waals surface area contributed by atoms with Crippen molar-refractivity contribution in [2.24, 2.45) is 5.92 Å². The van der Waals surface area contributed by atoms with Crippen LogP contribution in [0.25, 0.3) is 16.9 Å². The number of hydrogen-bond acceptors (Lipinski definition) is 6. The predicted molar refractivity (Wildman–Crippen MR) is 127 cm³/mol. The first kappa shape index (κ1) is 20.9. The van der Waals surface area contributed by atoms with Gasteiger partial charge in [0, 0.05) is 25.8 Å². The average Bonchev–Trinajstić information content (AvgIpc) is 3.29. The number of para-hydroxylation sites is 3. The van der Waals surface area contributed by atoms with Crippen LogP contribution in [0.15, 0.2) is 73.2 Å². The van der Waals surface area contributed by atoms with Gasteiger partial charge in [-0.25, -0.2) is 14.8 Å². The second-order valence-corrected chi connectivity index (χ2v) is 8.19. The van der Waals surface area contributed by atoms with Crippen LogP contribution in [0.2, 0.25) is 0 Å². The van der Waals surface area contributed by atoms with E-state index in [4.69, 9.17) is 4.74 Å². The number of amides is 1. The van der Waals surface area contributed by atoms with Gasteiger partial charge < -0.3 is 15.0 Å². The molecule has 4 aromatic rings. The van der Waals surface area contributed by atoms with Crippen molar-refractivity contribution in [3.05, 3.63) is 73.2 Å². The monoisotopic (exact) mass is 442 g/mol. The van der Waals surface area contributed by atoms with E-state index >= 15 is 0 Å². The summed E-state index contributed by atoms with van der Waals surface area (Å²) in [5.74, 6) is 2.35. The summed E-state index contributed by atoms with van der Waals surface area (Å²) in [4.78, 5) is 27.8. The Bertz CT molecular complexity index is 1230. The van der Waals surface area contributed by atoms with E-state index in [1.54, 1.807) is 24.7 Å². The van der Waals surface area contributed by atoms with E-state index in [1.807, 2.05) is 58.0 Å². The van der Waals surface area contributed by atoms with E-state index in [9.17, 15) is 4.79 Å². The van der Waals surface area contributed by atoms with Gasteiger partial charge in [-0.1, -0.05) is 30.3 Å². The summed E-state index contributed by atoms with van der Waals surface area (Å²) >= 11 is 0. The van der Waals surface area contributed by atoms with Crippen molar-refractivity contribution in [3.8, 4) is 11.6 Å². The molecule has 1 saturated heterocycles. The summed E-state index contributed by atoms with van der Waals surface area (Å²) in [6.07, 6.45) is 6.26. The molecule has 1 N–H and O–H groups in total. The minimum absolute atomic E-state index is 0.276. The zero-order valence-electron chi connectivity index (χ0n) is 18.3. The van der Waals surface area contributed by atoms with Crippen LogP contribution in [0.3, 0.4) is 0 Å². The molecular weight excluding hydrogens is 416 g/mol. The molecule has 3 heterocycles. The third kappa shape index (κ3) is 4.95. The number of rotatable bonds is 6. The highest BCUT2D eigenvalue weighted by Gasteiger charge is 2.24. The molecule has 5 rings (SSSR count). The van der Waals surface area contributed by atoms with Crippen molar-refractivity contribution >= 4 is 23.1 Å². The zero-order valence-corrected chi connectivity index (χ0v) is 18.3. The van der Waals surface area contributed by atoms with Crippen LogP contribution in [0.5, 0.6) is 5.75 Å². The number of benzene rings is 2. The minimum atomic E-state index is -0.276. The smallest absolute Gasteiger partial charge is 0.410 e. The van der Waals surface area contributed by atoms with Crippen molar-refractivity contribution in [2.75, 3.05) is 25.0 Å². The number of anilines is 1. The van der Waals surface area contributed by atoms with Crippen LogP contribution >= 0.6 is 0 Å². The van der Waals surface area contributed by atoms with Crippen molar-refractivity contribution < 1.29 is 9.53 Å². The highest BCUT2D eigenvalue weighted by Crippen LogP contribution is 2.22. The second-order valence-electron chi connectivity index (χ2n) is 8.19. The van der Waals surface area contributed by atoms with Gasteiger partial charge in [0.05, 0.1) is 11.0 Å². The first-order valence-electron chi connectivity index (χ1n) is 11.3. The maximum absolute atomic E-state index is 12.5. The van der Waals surface area contributed by atoms with Gasteiger partial charge in [-0.2, -0.15) is 4.98 Å². The molecular formula is C25H26N6O2. The SMILES string of the molecule is O=C(Oc1ccccc1)N1CCCC(CCNc2nccc(-n3cnc4ccccc43)n2)C1. The molecule has 0 radical (unpaired) electrons. The van der Waals surface area contributed by atoms with Gasteiger partial charge in [0.15, 0.2) is 0 Å². The average molecular weight is 443 g/mol. The number of aromatic nitrogens is 4. The Morgan fingerprint density at radius 3 is 2.82 bits per heavy atom. The van der Waals surface area contributed by atoms with E-state index in [0.717, 1.165) is 49.2 Å². The van der Waals surface area contributed by atoms with Crippen LogP contribution in [-0.2, 0) is 0 Å². The molecule has 1 fully saturated rings. The van der Waals surface area contributed by atoms with Gasteiger partial charge in [0.1, 0.15) is 17.9 Å². The molecule has 0 aliphatic carbocycles. The summed E-state index contributed by atoms with van der Waals surface area (Å²) in [7, 11) is 0. The van der Waals surface area contributed by atoms with Crippen LogP contribution < -0.4 is 10.1 Å². The molecule has 0 saturated carbocycles. The molecule has 2 aromatic carbocycles. The molecule has 2 aromatic heterocycles. The van der Waals surface area contributed by atoms with Crippen molar-refractivity contribution in [1.29, 1.82) is 0 Å². The fourth-order valence-electron chi connectivity index (χ4n) is 4.22. The third-order valence-electron chi connectivity index (χ3n) is 5.90. The van der Waals surface area contributed by atoms with E-state index < -0.39 is 0 Å². The number of carbonyl (C=O) groups is 1. The van der Waals surface area contributed by atoms with Gasteiger partial charge >= 0.3 is 6.09 Å². The maximum atomic E-state index is 12.5. The number of imidazole rings is 1. The lowest BCUT2D eigenvalue weighted by Crippen LogP contribution is -2.41. The van der Waals surface area contributed by atoms with Crippen LogP contribution in [-0.4, -0.2) is 50.1 Å². The highest BCUT2D eigenvalue weighted by molar-refractivity contribution is 5.76. The number of hydrogen-bond donors (Lipinski definition) is 1. The first-order chi connectivity index (χ1) is 16.3. The van der Waals surface area contributed by atoms with Gasteiger partial charge in [-0.05, 0) is 55.5 Å². The largest absolute Gasteiger partial charge is 0.415 e. The normalized spacial score (nSPS) is 16.0. The molecule has 8 nitrogen and oxygen atoms in total. The van der Waals surface area contributed by atoms with Crippen molar-refractivity contribution in [2.45, 2.75) is 19.3 Å². The van der Waals surface area contributed by atoms with Crippen LogP contribution in [0, 0.1) is 5.92 Å². The number of ether oxygens (including phenoxy) is 1. The topological polar surface area (TPSA) is 85.2 Å². The summed E-state index contributed by atoms with van der Waals surface area (Å²) in [6.45, 7) is 2.18. The lowest BCUT2D eigenvalue weighted by molar-refractivity contribution is 0.125. The lowest BCUT2D eigenvalue weighted by Gasteiger charge is -2.32. The summed E-state index contributed by atoms with van der Waals surface area (Å²) in [5.41, 5.74) is 1.94. The first-order valence-corrected chi connectivity index (χ1v) is 11.3. The molecule has 1 amide bonds. The fourth-order valence-corrected chi connectivity index (χ4v) is 4.22. The lowest BCUT2D eigenvalue weighted by atomic mass is 9.95. The Balaban J connectivity index is 1.15. The summed E-state index contributed by atoms with van der Waals surface area (Å²) < 4.78 is 7.46. The van der Waals surface area contributed by atoms with E-state index in [0.29, 0.717) is 24.2 Å². The van der Waals surface area contributed by atoms with E-state index in [2.05, 4.69) is 20.3 Å². The molecule has 1 atom stereocenters. The van der Waals surface area contributed by atoms with Crippen molar-refractivity contribution in [3.63, 3.8) is 0 Å². The quantitative estimate of drug-likeness (QED) is 0.472. The number of carbonyl (C=O) groups excluding carboxylic acids is 1. The van der Waals surface area contributed by atoms with Crippen LogP contribution in [0.4, 0.5) is 10.7 Å². The van der Waals surface area contributed by atoms with Gasteiger partial charge in [-0.15, -0.1) is 0 Å². The minimum Gasteiger partial charge on any atom is -0.410 e. The summed E-state index contributed by atoms with van der Waals surface area (Å²) in [5, 5.41) is 3.34. The maximum Gasteiger partial charge on any atom is 0.415 e. The van der Waals surface area contributed by atoms with Crippen molar-refractivity contribution in [1.82, 2.24) is 24.4 Å². The fraction of sp³-hybridized carbons (Fsp3) is 0.280. The second kappa shape index (κ2) is 9.68. The zero-order chi connectivity index (χ0) is 22.5. The molecule has 1 aliphatic heterocycles. The van der Waals surface area contributed by atoms with Crippen LogP contribution in [0.1, 0.15) is 19.3 Å². The van der Waals surface area contributed by atoms with Gasteiger partial charge in [0.2, 0.25) is 5.95 Å². The van der Waals surface area contributed by atoms with Gasteiger partial charge in [-0.3, -0.25) is 4.57 Å². The molecule has 1 aliphatic rings. The number of nitrogens with zero attached hydrogens (tertiary/aromatic N) is 5. The third-order valence-corrected chi connectivity index (χ3v) is 5.90. The molecule has 0 bridgehead atoms. The Kier molecular flexibility index (Phi) is 6.14. The molecule has 0 spiro atoms. The number of nitrogens with one attached hydrogen (secondary N) is 1. The summed E-state index contributed by atoms with van der Waals surface area (Å²) in [6, 6.07) is 19.1. The number of fused-ring (bicyclic) bond motifs is 1. The Labute approximate surface area is 192 Å². The predicted octanol–water partition coefficient (Wildman–Crippen LogP) is 4.53. The molecule has 168 valence electrons. The van der Waals surface area contributed by atoms with E-state index in [1.165, 1.54) is 0 Å². The number of likely N-dealkylation sites (tertiary alicyclic amines) is 1. The Morgan fingerprint density at radius 2 is 1.91 bits per heavy atom. The molecule has 1 unspecified atom stereocenters. The highest BCUT2D eigenvalue weighted by atomic mass is 16.6. The van der Waals surface area contributed by atoms with E-state index in [-0.39, 0.29) is 6.09 Å². The standard InChI is InChI=1S/C25H26N6O2/c32-25(33-20-8-2-1-3-9-20)30-16-6-7-19(17-30)12-14-26-24-27-15-13-23(29-24)31-18-28-21-10-4-5-11-22(21)31/h1-5,8-11,13,15,18-19H,6-7,12,14,16-17H2,(H,26,27,29). The Morgan fingerprint density at radius 1 is 1.06 bits per heavy atom. The molecule has 8 heteroatoms. The van der Waals surface area contributed by atoms with Gasteiger partial charge in [0.25, 0.3) is 0 Å². The molecule has 33 heavy (non-hydrogen) atoms. The Hall–Kier alpha value is -3.94. The number of piperidine rings is 1.